The highest BCUT2D eigenvalue weighted by Gasteiger charge is 2.78. The predicted molar refractivity (Wildman–Crippen MR) is 65.5 cm³/mol. The molecule has 1 aromatic carbocycles. The van der Waals surface area contributed by atoms with Crippen LogP contribution in [0.3, 0.4) is 0 Å². The van der Waals surface area contributed by atoms with E-state index in [2.05, 4.69) is 4.74 Å². The average molecular weight is 402 g/mol. The number of alkyl halides is 10. The maximum Gasteiger partial charge on any atom is 0.470 e. The largest absolute Gasteiger partial charge is 0.497 e. The number of hydrogen-bond donors (Lipinski definition) is 1. The monoisotopic (exact) mass is 402 g/mol. The van der Waals surface area contributed by atoms with Crippen molar-refractivity contribution in [3.63, 3.8) is 0 Å². The fraction of sp³-hybridized carbons (Fsp3) is 0.417. The van der Waals surface area contributed by atoms with Crippen LogP contribution in [-0.2, 0) is 4.79 Å². The molecule has 1 amide bonds. The molecule has 0 aliphatic carbocycles. The highest BCUT2D eigenvalue weighted by Crippen LogP contribution is 2.48. The van der Waals surface area contributed by atoms with Crippen LogP contribution in [0.4, 0.5) is 49.6 Å². The van der Waals surface area contributed by atoms with E-state index in [4.69, 9.17) is 0 Å². The van der Waals surface area contributed by atoms with Crippen LogP contribution in [0.1, 0.15) is 0 Å². The Morgan fingerprint density at radius 2 is 1.31 bits per heavy atom. The minimum absolute atomic E-state index is 0.0949. The van der Waals surface area contributed by atoms with Gasteiger partial charge in [0, 0.05) is 5.69 Å². The van der Waals surface area contributed by atoms with Gasteiger partial charge in [-0.25, -0.2) is 4.39 Å². The molecule has 0 radical (unpaired) electrons. The van der Waals surface area contributed by atoms with Gasteiger partial charge < -0.3 is 10.1 Å². The van der Waals surface area contributed by atoms with Crippen molar-refractivity contribution in [2.45, 2.75) is 24.6 Å². The van der Waals surface area contributed by atoms with E-state index in [1.54, 1.807) is 0 Å². The third kappa shape index (κ3) is 4.28. The maximum atomic E-state index is 14.1. The van der Waals surface area contributed by atoms with Crippen molar-refractivity contribution in [1.82, 2.24) is 4.90 Å². The van der Waals surface area contributed by atoms with Crippen molar-refractivity contribution < 1.29 is 53.4 Å². The molecular formula is C12H8F10N2O2. The Hall–Kier alpha value is -2.25. The molecule has 1 N–H and O–H groups in total. The van der Waals surface area contributed by atoms with Gasteiger partial charge in [-0.2, -0.15) is 39.5 Å². The number of rotatable bonds is 4. The molecule has 1 aromatic rings. The summed E-state index contributed by atoms with van der Waals surface area (Å²) in [6.45, 7) is 0. The molecule has 14 heteroatoms. The van der Waals surface area contributed by atoms with E-state index in [0.717, 1.165) is 29.6 Å². The van der Waals surface area contributed by atoms with Gasteiger partial charge in [0.25, 0.3) is 5.91 Å². The van der Waals surface area contributed by atoms with Crippen molar-refractivity contribution in [1.29, 1.82) is 0 Å². The first-order valence-corrected chi connectivity index (χ1v) is 6.20. The zero-order valence-corrected chi connectivity index (χ0v) is 12.4. The predicted octanol–water partition coefficient (Wildman–Crippen LogP) is 4.20. The molecular weight excluding hydrogens is 394 g/mol. The summed E-state index contributed by atoms with van der Waals surface area (Å²) in [5.41, 5.74) is -0.702. The molecule has 0 heterocycles. The lowest BCUT2D eigenvalue weighted by Gasteiger charge is -2.38. The number of benzene rings is 1. The Morgan fingerprint density at radius 3 is 1.62 bits per heavy atom. The molecule has 0 fully saturated rings. The highest BCUT2D eigenvalue weighted by molar-refractivity contribution is 5.97. The summed E-state index contributed by atoms with van der Waals surface area (Å²) in [4.78, 5) is 8.04. The molecule has 0 saturated carbocycles. The highest BCUT2D eigenvalue weighted by atomic mass is 19.4. The van der Waals surface area contributed by atoms with Crippen LogP contribution in [0.15, 0.2) is 24.3 Å². The molecule has 0 aromatic heterocycles. The normalized spacial score (nSPS) is 15.5. The molecule has 4 nitrogen and oxygen atoms in total. The van der Waals surface area contributed by atoms with Crippen LogP contribution in [-0.4, -0.2) is 42.5 Å². The van der Waals surface area contributed by atoms with Crippen LogP contribution >= 0.6 is 0 Å². The van der Waals surface area contributed by atoms with Gasteiger partial charge in [-0.15, -0.1) is 0 Å². The number of ether oxygens (including phenoxy) is 1. The molecule has 26 heavy (non-hydrogen) atoms. The van der Waals surface area contributed by atoms with E-state index in [1.807, 2.05) is 0 Å². The first-order chi connectivity index (χ1) is 11.5. The molecule has 148 valence electrons. The first kappa shape index (κ1) is 21.8. The van der Waals surface area contributed by atoms with Crippen LogP contribution in [0.5, 0.6) is 5.75 Å². The van der Waals surface area contributed by atoms with E-state index in [9.17, 15) is 48.7 Å². The van der Waals surface area contributed by atoms with Gasteiger partial charge in [-0.05, 0) is 24.3 Å². The van der Waals surface area contributed by atoms with Gasteiger partial charge in [0.1, 0.15) is 5.75 Å². The van der Waals surface area contributed by atoms with E-state index in [1.165, 1.54) is 7.11 Å². The summed E-state index contributed by atoms with van der Waals surface area (Å²) in [6, 6.07) is 3.57. The maximum absolute atomic E-state index is 14.1. The van der Waals surface area contributed by atoms with E-state index in [0.29, 0.717) is 0 Å². The number of halogens is 10. The third-order valence-electron chi connectivity index (χ3n) is 2.84. The summed E-state index contributed by atoms with van der Waals surface area (Å²) in [7, 11) is 1.17. The fourth-order valence-electron chi connectivity index (χ4n) is 1.74. The number of carbonyl (C=O) groups is 1. The number of nitrogens with one attached hydrogen (secondary N) is 1. The second-order valence-electron chi connectivity index (χ2n) is 4.57. The molecule has 0 spiro atoms. The summed E-state index contributed by atoms with van der Waals surface area (Å²) in [5, 5.41) is 1.03. The van der Waals surface area contributed by atoms with Crippen molar-refractivity contribution in [3.8, 4) is 5.75 Å². The summed E-state index contributed by atoms with van der Waals surface area (Å²) < 4.78 is 132. The van der Waals surface area contributed by atoms with Gasteiger partial charge in [0.05, 0.1) is 7.11 Å². The summed E-state index contributed by atoms with van der Waals surface area (Å²) in [5.74, 6) is -9.61. The quantitative estimate of drug-likeness (QED) is 0.607. The van der Waals surface area contributed by atoms with Crippen molar-refractivity contribution in [2.24, 2.45) is 0 Å². The van der Waals surface area contributed by atoms with Gasteiger partial charge in [0.2, 0.25) is 0 Å². The minimum Gasteiger partial charge on any atom is -0.497 e. The zero-order valence-electron chi connectivity index (χ0n) is 12.4. The Labute approximate surface area is 138 Å². The van der Waals surface area contributed by atoms with Crippen molar-refractivity contribution in [3.05, 3.63) is 24.3 Å². The molecule has 1 unspecified atom stereocenters. The minimum atomic E-state index is -6.90. The lowest BCUT2D eigenvalue weighted by Crippen LogP contribution is -2.70. The Bertz CT molecular complexity index is 623. The van der Waals surface area contributed by atoms with Gasteiger partial charge in [0.15, 0.2) is 0 Å². The summed E-state index contributed by atoms with van der Waals surface area (Å²) >= 11 is 0. The topological polar surface area (TPSA) is 41.6 Å². The summed E-state index contributed by atoms with van der Waals surface area (Å²) in [6.07, 6.45) is -20.7. The SMILES string of the molecule is COc1ccc(NC(=O)C(F)(N(C(F)(F)F)C(F)(F)F)C(F)(F)F)cc1. The number of anilines is 1. The van der Waals surface area contributed by atoms with Gasteiger partial charge in [-0.3, -0.25) is 4.79 Å². The zero-order chi connectivity index (χ0) is 20.6. The third-order valence-corrected chi connectivity index (χ3v) is 2.84. The number of nitrogens with zero attached hydrogens (tertiary/aromatic N) is 1. The van der Waals surface area contributed by atoms with E-state index >= 15 is 0 Å². The number of carbonyl (C=O) groups excluding carboxylic acids is 1. The van der Waals surface area contributed by atoms with Crippen LogP contribution in [0.2, 0.25) is 0 Å². The molecule has 0 bridgehead atoms. The van der Waals surface area contributed by atoms with Crippen molar-refractivity contribution >= 4 is 11.6 Å². The molecule has 1 atom stereocenters. The van der Waals surface area contributed by atoms with Crippen LogP contribution in [0.25, 0.3) is 0 Å². The standard InChI is InChI=1S/C12H8F10N2O2/c1-26-7-4-2-6(3-5-7)23-8(25)9(13,10(14,15)16)24(11(17,18)19)12(20,21)22/h2-5H,1H3,(H,23,25). The first-order valence-electron chi connectivity index (χ1n) is 6.20. The second-order valence-corrected chi connectivity index (χ2v) is 4.57. The Balaban J connectivity index is 3.40. The number of hydrogen-bond acceptors (Lipinski definition) is 3. The average Bonchev–Trinajstić information content (AvgIpc) is 2.43. The van der Waals surface area contributed by atoms with E-state index < -0.39 is 41.1 Å². The Morgan fingerprint density at radius 1 is 0.885 bits per heavy atom. The molecule has 1 rings (SSSR count). The number of amides is 1. The number of methoxy groups -OCH3 is 1. The van der Waals surface area contributed by atoms with Crippen LogP contribution < -0.4 is 10.1 Å². The molecule has 0 saturated heterocycles. The van der Waals surface area contributed by atoms with Gasteiger partial charge in [-0.1, -0.05) is 4.90 Å². The van der Waals surface area contributed by atoms with Gasteiger partial charge >= 0.3 is 24.6 Å². The van der Waals surface area contributed by atoms with Crippen molar-refractivity contribution in [2.75, 3.05) is 12.4 Å². The van der Waals surface area contributed by atoms with Crippen LogP contribution in [0, 0.1) is 0 Å². The Kier molecular flexibility index (Phi) is 5.71. The smallest absolute Gasteiger partial charge is 0.470 e. The lowest BCUT2D eigenvalue weighted by molar-refractivity contribution is -0.443. The lowest BCUT2D eigenvalue weighted by atomic mass is 10.1. The molecule has 0 aliphatic heterocycles. The second kappa shape index (κ2) is 6.81. The fourth-order valence-corrected chi connectivity index (χ4v) is 1.74. The molecule has 0 aliphatic rings. The van der Waals surface area contributed by atoms with E-state index in [-0.39, 0.29) is 5.75 Å².